The van der Waals surface area contributed by atoms with Gasteiger partial charge in [-0.25, -0.2) is 0 Å². The van der Waals surface area contributed by atoms with Crippen LogP contribution in [0.15, 0.2) is 24.3 Å². The van der Waals surface area contributed by atoms with Gasteiger partial charge in [0.05, 0.1) is 11.9 Å². The number of ether oxygens (including phenoxy) is 1. The summed E-state index contributed by atoms with van der Waals surface area (Å²) in [5.74, 6) is -0.0259. The zero-order valence-corrected chi connectivity index (χ0v) is 28.9. The molecule has 0 radical (unpaired) electrons. The number of carbonyl (C=O) groups is 7. The fraction of sp³-hybridized carbons (Fsp3) is 0.618. The fourth-order valence-electron chi connectivity index (χ4n) is 5.06. The van der Waals surface area contributed by atoms with Gasteiger partial charge in [0, 0.05) is 32.1 Å². The summed E-state index contributed by atoms with van der Waals surface area (Å²) in [6.07, 6.45) is 8.79. The van der Waals surface area contributed by atoms with Gasteiger partial charge in [-0.2, -0.15) is 0 Å². The quantitative estimate of drug-likeness (QED) is 0.0427. The number of hydrogen-bond acceptors (Lipinski definition) is 11. The summed E-state index contributed by atoms with van der Waals surface area (Å²) in [4.78, 5) is 81.6. The first-order chi connectivity index (χ1) is 22.3. The van der Waals surface area contributed by atoms with E-state index in [0.717, 1.165) is 41.2 Å². The van der Waals surface area contributed by atoms with Gasteiger partial charge in [0.15, 0.2) is 16.8 Å². The molecule has 12 heteroatoms. The predicted molar refractivity (Wildman–Crippen MR) is 182 cm³/mol. The molecular formula is C34H50N2O8S2. The Kier molecular flexibility index (Phi) is 20.8. The Balaban J connectivity index is 0.00000260. The molecule has 10 nitrogen and oxygen atoms in total. The number of primary amides is 1. The van der Waals surface area contributed by atoms with E-state index in [0.29, 0.717) is 50.3 Å². The van der Waals surface area contributed by atoms with Crippen LogP contribution in [0, 0.1) is 5.92 Å². The van der Waals surface area contributed by atoms with Gasteiger partial charge >= 0.3 is 5.97 Å². The van der Waals surface area contributed by atoms with E-state index in [1.54, 1.807) is 6.92 Å². The maximum absolute atomic E-state index is 12.6. The highest BCUT2D eigenvalue weighted by Crippen LogP contribution is 2.30. The number of Topliss-reactive ketones (excluding diaryl/α,β-unsaturated/α-hetero) is 5. The molecule has 0 saturated heterocycles. The van der Waals surface area contributed by atoms with Gasteiger partial charge in [0.2, 0.25) is 6.39 Å². The summed E-state index contributed by atoms with van der Waals surface area (Å²) in [7, 11) is 2.36. The van der Waals surface area contributed by atoms with E-state index in [-0.39, 0.29) is 41.4 Å². The highest BCUT2D eigenvalue weighted by molar-refractivity contribution is 8.77. The Morgan fingerprint density at radius 1 is 0.957 bits per heavy atom. The number of amides is 1. The number of aryl methyl sites for hydroxylation is 1. The molecule has 1 aromatic rings. The molecule has 0 aliphatic heterocycles. The van der Waals surface area contributed by atoms with Crippen molar-refractivity contribution in [2.24, 2.45) is 11.7 Å². The number of nitrogens with one attached hydrogen (secondary N) is 1. The van der Waals surface area contributed by atoms with Crippen molar-refractivity contribution in [3.8, 4) is 0 Å². The SMILES string of the molecule is CCC(=O)CCCC(=O)CCc1ccc(CC(=O)COC(=O)C(SSCN[C@@H](CC2CCCCC2)C(C)=O)C(C)=O)cc1.[3H]C(N)=O. The van der Waals surface area contributed by atoms with Crippen molar-refractivity contribution in [2.45, 2.75) is 116 Å². The lowest BCUT2D eigenvalue weighted by molar-refractivity contribution is -0.148. The van der Waals surface area contributed by atoms with Crippen LogP contribution in [0.1, 0.15) is 104 Å². The lowest BCUT2D eigenvalue weighted by atomic mass is 9.84. The Morgan fingerprint density at radius 2 is 1.57 bits per heavy atom. The first-order valence-electron chi connectivity index (χ1n) is 16.4. The molecule has 0 bridgehead atoms. The second kappa shape index (κ2) is 24.4. The molecule has 2 rings (SSSR count). The van der Waals surface area contributed by atoms with Crippen LogP contribution in [0.2, 0.25) is 0 Å². The van der Waals surface area contributed by atoms with Crippen molar-refractivity contribution in [3.05, 3.63) is 35.4 Å². The van der Waals surface area contributed by atoms with Crippen LogP contribution < -0.4 is 11.1 Å². The van der Waals surface area contributed by atoms with Gasteiger partial charge in [0.25, 0.3) is 0 Å². The number of esters is 1. The molecule has 1 amide bonds. The van der Waals surface area contributed by atoms with Gasteiger partial charge in [-0.05, 0) is 50.2 Å². The van der Waals surface area contributed by atoms with E-state index in [1.807, 2.05) is 31.2 Å². The maximum atomic E-state index is 12.6. The van der Waals surface area contributed by atoms with E-state index in [4.69, 9.17) is 10.9 Å². The zero-order chi connectivity index (χ0) is 35.2. The molecule has 1 aliphatic carbocycles. The highest BCUT2D eigenvalue weighted by Gasteiger charge is 2.27. The number of rotatable bonds is 22. The molecule has 46 heavy (non-hydrogen) atoms. The molecule has 0 aromatic heterocycles. The third-order valence-corrected chi connectivity index (χ3v) is 10.2. The van der Waals surface area contributed by atoms with Crippen LogP contribution in [0.25, 0.3) is 0 Å². The topological polar surface area (TPSA) is 167 Å². The average Bonchev–Trinajstić information content (AvgIpc) is 3.02. The van der Waals surface area contributed by atoms with Gasteiger partial charge in [-0.15, -0.1) is 0 Å². The van der Waals surface area contributed by atoms with Crippen LogP contribution in [0.3, 0.4) is 0 Å². The van der Waals surface area contributed by atoms with Crippen LogP contribution in [-0.4, -0.2) is 65.0 Å². The van der Waals surface area contributed by atoms with Crippen LogP contribution in [-0.2, 0) is 51.1 Å². The van der Waals surface area contributed by atoms with Crippen LogP contribution in [0.5, 0.6) is 0 Å². The summed E-state index contributed by atoms with van der Waals surface area (Å²) in [5, 5.41) is 2.20. The number of ketones is 5. The van der Waals surface area contributed by atoms with E-state index in [2.05, 4.69) is 11.1 Å². The van der Waals surface area contributed by atoms with E-state index in [9.17, 15) is 28.8 Å². The van der Waals surface area contributed by atoms with Crippen molar-refractivity contribution in [2.75, 3.05) is 12.5 Å². The first kappa shape index (κ1) is 39.3. The minimum atomic E-state index is -1.08. The Morgan fingerprint density at radius 3 is 2.15 bits per heavy atom. The van der Waals surface area contributed by atoms with Crippen molar-refractivity contribution in [1.82, 2.24) is 5.32 Å². The fourth-order valence-corrected chi connectivity index (χ4v) is 7.27. The monoisotopic (exact) mass is 680 g/mol. The maximum Gasteiger partial charge on any atom is 0.328 e. The Labute approximate surface area is 282 Å². The number of nitrogens with two attached hydrogens (primary N) is 1. The molecule has 1 saturated carbocycles. The second-order valence-corrected chi connectivity index (χ2v) is 14.0. The molecule has 1 aromatic carbocycles. The molecule has 1 unspecified atom stereocenters. The summed E-state index contributed by atoms with van der Waals surface area (Å²) >= 11 is 0. The average molecular weight is 681 g/mol. The molecular weight excluding hydrogens is 629 g/mol. The number of hydrogen-bond donors (Lipinski definition) is 2. The molecule has 1 fully saturated rings. The van der Waals surface area contributed by atoms with E-state index >= 15 is 0 Å². The zero-order valence-electron chi connectivity index (χ0n) is 28.3. The predicted octanol–water partition coefficient (Wildman–Crippen LogP) is 4.91. The van der Waals surface area contributed by atoms with Crippen molar-refractivity contribution < 1.29 is 39.7 Å². The van der Waals surface area contributed by atoms with Gasteiger partial charge in [-0.1, -0.05) is 84.9 Å². The van der Waals surface area contributed by atoms with Gasteiger partial charge in [0.1, 0.15) is 25.3 Å². The largest absolute Gasteiger partial charge is 0.456 e. The smallest absolute Gasteiger partial charge is 0.328 e. The molecule has 3 N–H and O–H groups in total. The first-order valence-corrected chi connectivity index (χ1v) is 18.3. The standard InChI is InChI=1S/C33H47NO7S2.CH3NO/c1-4-28(37)11-8-12-29(38)18-17-25-13-15-27(16-14-25)19-30(39)21-41-33(40)32(24(3)36)43-42-22-34-31(23(2)35)20-26-9-6-5-7-10-26;2-1-3/h13-16,26,31-32,34H,4-12,17-22H2,1-3H3;1H,(H2,2,3)/t31-,32?;/m0./s1/i;1T. The highest BCUT2D eigenvalue weighted by atomic mass is 33.1. The van der Waals surface area contributed by atoms with Crippen molar-refractivity contribution in [3.63, 3.8) is 0 Å². The lowest BCUT2D eigenvalue weighted by Crippen LogP contribution is -2.37. The molecule has 0 heterocycles. The summed E-state index contributed by atoms with van der Waals surface area (Å²) in [6, 6.07) is 7.16. The Hall–Kier alpha value is -2.83. The normalized spacial score (nSPS) is 14.5. The minimum Gasteiger partial charge on any atom is -0.456 e. The van der Waals surface area contributed by atoms with Crippen molar-refractivity contribution >= 4 is 62.9 Å². The molecule has 0 spiro atoms. The van der Waals surface area contributed by atoms with E-state index in [1.165, 1.54) is 37.0 Å². The minimum absolute atomic E-state index is 0.0852. The summed E-state index contributed by atoms with van der Waals surface area (Å²) in [6.45, 7) is 4.31. The van der Waals surface area contributed by atoms with Crippen molar-refractivity contribution in [1.29, 1.82) is 0 Å². The third kappa shape index (κ3) is 18.3. The summed E-state index contributed by atoms with van der Waals surface area (Å²) in [5.41, 5.74) is 5.89. The number of carbonyl (C=O) groups excluding carboxylic acids is 7. The second-order valence-electron chi connectivity index (χ2n) is 11.5. The van der Waals surface area contributed by atoms with E-state index < -0.39 is 24.2 Å². The third-order valence-electron chi connectivity index (χ3n) is 7.72. The van der Waals surface area contributed by atoms with Crippen LogP contribution in [0.4, 0.5) is 0 Å². The molecule has 256 valence electrons. The van der Waals surface area contributed by atoms with Crippen LogP contribution >= 0.6 is 21.6 Å². The number of benzene rings is 1. The van der Waals surface area contributed by atoms with Gasteiger partial charge in [-0.3, -0.25) is 38.9 Å². The molecule has 2 atom stereocenters. The Bertz CT molecular complexity index is 1190. The van der Waals surface area contributed by atoms with Gasteiger partial charge < -0.3 is 10.5 Å². The summed E-state index contributed by atoms with van der Waals surface area (Å²) < 4.78 is 10.9. The lowest BCUT2D eigenvalue weighted by Gasteiger charge is -2.25. The molecule has 1 aliphatic rings.